The Morgan fingerprint density at radius 3 is 3.14 bits per heavy atom. The summed E-state index contributed by atoms with van der Waals surface area (Å²) in [5, 5.41) is 0. The maximum Gasteiger partial charge on any atom is 0.119 e. The molecule has 0 spiro atoms. The van der Waals surface area contributed by atoms with Crippen LogP contribution in [0.15, 0.2) is 18.2 Å². The third-order valence-corrected chi connectivity index (χ3v) is 2.71. The van der Waals surface area contributed by atoms with Crippen molar-refractivity contribution in [1.29, 1.82) is 0 Å². The molecule has 0 bridgehead atoms. The van der Waals surface area contributed by atoms with Crippen molar-refractivity contribution in [3.8, 4) is 5.75 Å². The zero-order chi connectivity index (χ0) is 9.97. The first-order valence-corrected chi connectivity index (χ1v) is 5.32. The minimum absolute atomic E-state index is 0.218. The third kappa shape index (κ3) is 1.75. The van der Waals surface area contributed by atoms with Crippen molar-refractivity contribution in [3.63, 3.8) is 0 Å². The number of hydrogen-bond acceptors (Lipinski definition) is 2. The molecule has 2 N–H and O–H groups in total. The predicted octanol–water partition coefficient (Wildman–Crippen LogP) is 2.42. The zero-order valence-corrected chi connectivity index (χ0v) is 8.62. The van der Waals surface area contributed by atoms with Gasteiger partial charge in [0.05, 0.1) is 6.61 Å². The molecular weight excluding hydrogens is 174 g/mol. The number of rotatable bonds is 3. The van der Waals surface area contributed by atoms with Gasteiger partial charge in [-0.3, -0.25) is 0 Å². The van der Waals surface area contributed by atoms with E-state index in [-0.39, 0.29) is 6.04 Å². The molecule has 76 valence electrons. The van der Waals surface area contributed by atoms with E-state index in [4.69, 9.17) is 10.5 Å². The van der Waals surface area contributed by atoms with Crippen molar-refractivity contribution in [2.45, 2.75) is 32.2 Å². The van der Waals surface area contributed by atoms with Crippen LogP contribution in [-0.4, -0.2) is 6.61 Å². The first-order valence-electron chi connectivity index (χ1n) is 5.32. The minimum atomic E-state index is 0.218. The highest BCUT2D eigenvalue weighted by Gasteiger charge is 2.18. The van der Waals surface area contributed by atoms with E-state index < -0.39 is 0 Å². The summed E-state index contributed by atoms with van der Waals surface area (Å²) in [6.45, 7) is 2.90. The molecule has 1 aromatic rings. The van der Waals surface area contributed by atoms with E-state index in [1.807, 2.05) is 6.07 Å². The maximum absolute atomic E-state index is 5.99. The summed E-state index contributed by atoms with van der Waals surface area (Å²) in [5.74, 6) is 0.961. The Balaban J connectivity index is 2.17. The van der Waals surface area contributed by atoms with E-state index in [0.717, 1.165) is 31.6 Å². The van der Waals surface area contributed by atoms with Gasteiger partial charge < -0.3 is 10.5 Å². The molecule has 2 rings (SSSR count). The number of ether oxygens (including phenoxy) is 1. The molecule has 0 saturated heterocycles. The Labute approximate surface area is 85.1 Å². The van der Waals surface area contributed by atoms with Crippen molar-refractivity contribution < 1.29 is 4.74 Å². The molecule has 0 heterocycles. The molecule has 0 saturated carbocycles. The fourth-order valence-electron chi connectivity index (χ4n) is 1.92. The highest BCUT2D eigenvalue weighted by Crippen LogP contribution is 2.31. The van der Waals surface area contributed by atoms with Crippen molar-refractivity contribution in [3.05, 3.63) is 29.3 Å². The number of nitrogens with two attached hydrogens (primary N) is 1. The summed E-state index contributed by atoms with van der Waals surface area (Å²) in [5.41, 5.74) is 8.65. The third-order valence-electron chi connectivity index (χ3n) is 2.71. The van der Waals surface area contributed by atoms with Crippen LogP contribution in [0, 0.1) is 0 Å². The van der Waals surface area contributed by atoms with Gasteiger partial charge in [0.25, 0.3) is 0 Å². The summed E-state index contributed by atoms with van der Waals surface area (Å²) in [6, 6.07) is 6.51. The Hall–Kier alpha value is -1.02. The van der Waals surface area contributed by atoms with Crippen molar-refractivity contribution in [2.75, 3.05) is 6.61 Å². The molecule has 2 nitrogen and oxygen atoms in total. The lowest BCUT2D eigenvalue weighted by Crippen LogP contribution is -2.05. The maximum atomic E-state index is 5.99. The van der Waals surface area contributed by atoms with Crippen LogP contribution >= 0.6 is 0 Å². The van der Waals surface area contributed by atoms with Gasteiger partial charge in [0.2, 0.25) is 0 Å². The normalized spacial score (nSPS) is 19.4. The second-order valence-corrected chi connectivity index (χ2v) is 3.85. The van der Waals surface area contributed by atoms with E-state index in [1.54, 1.807) is 0 Å². The summed E-state index contributed by atoms with van der Waals surface area (Å²) in [7, 11) is 0. The number of fused-ring (bicyclic) bond motifs is 1. The van der Waals surface area contributed by atoms with Crippen LogP contribution in [0.2, 0.25) is 0 Å². The molecular formula is C12H17NO. The Morgan fingerprint density at radius 1 is 1.50 bits per heavy atom. The second-order valence-electron chi connectivity index (χ2n) is 3.85. The fraction of sp³-hybridized carbons (Fsp3) is 0.500. The van der Waals surface area contributed by atoms with Crippen LogP contribution in [0.3, 0.4) is 0 Å². The minimum Gasteiger partial charge on any atom is -0.494 e. The van der Waals surface area contributed by atoms with Crippen LogP contribution in [0.1, 0.15) is 36.9 Å². The molecule has 0 radical (unpaired) electrons. The molecule has 0 fully saturated rings. The van der Waals surface area contributed by atoms with Gasteiger partial charge in [0, 0.05) is 6.04 Å². The Bertz CT molecular complexity index is 322. The van der Waals surface area contributed by atoms with E-state index >= 15 is 0 Å². The van der Waals surface area contributed by atoms with Crippen LogP contribution in [0.5, 0.6) is 5.75 Å². The van der Waals surface area contributed by atoms with Crippen molar-refractivity contribution in [1.82, 2.24) is 0 Å². The van der Waals surface area contributed by atoms with Gasteiger partial charge in [0.1, 0.15) is 5.75 Å². The molecule has 1 aliphatic rings. The van der Waals surface area contributed by atoms with Crippen molar-refractivity contribution in [2.24, 2.45) is 5.73 Å². The zero-order valence-electron chi connectivity index (χ0n) is 8.62. The van der Waals surface area contributed by atoms with E-state index in [0.29, 0.717) is 0 Å². The quantitative estimate of drug-likeness (QED) is 0.796. The molecule has 1 aromatic carbocycles. The lowest BCUT2D eigenvalue weighted by molar-refractivity contribution is 0.317. The average molecular weight is 191 g/mol. The highest BCUT2D eigenvalue weighted by atomic mass is 16.5. The van der Waals surface area contributed by atoms with Crippen LogP contribution in [-0.2, 0) is 6.42 Å². The molecule has 0 aliphatic heterocycles. The fourth-order valence-corrected chi connectivity index (χ4v) is 1.92. The van der Waals surface area contributed by atoms with E-state index in [9.17, 15) is 0 Å². The monoisotopic (exact) mass is 191 g/mol. The number of benzene rings is 1. The predicted molar refractivity (Wildman–Crippen MR) is 57.5 cm³/mol. The lowest BCUT2D eigenvalue weighted by Gasteiger charge is -2.08. The van der Waals surface area contributed by atoms with Gasteiger partial charge in [0.15, 0.2) is 0 Å². The molecule has 0 aromatic heterocycles. The van der Waals surface area contributed by atoms with Gasteiger partial charge in [-0.1, -0.05) is 13.0 Å². The molecule has 1 atom stereocenters. The number of hydrogen-bond donors (Lipinski definition) is 1. The number of aryl methyl sites for hydroxylation is 1. The van der Waals surface area contributed by atoms with Gasteiger partial charge >= 0.3 is 0 Å². The Kier molecular flexibility index (Phi) is 2.73. The van der Waals surface area contributed by atoms with Crippen LogP contribution in [0.25, 0.3) is 0 Å². The van der Waals surface area contributed by atoms with Gasteiger partial charge in [-0.25, -0.2) is 0 Å². The SMILES string of the molecule is CCCOc1ccc2c(c1)C(N)CC2. The van der Waals surface area contributed by atoms with E-state index in [1.165, 1.54) is 11.1 Å². The smallest absolute Gasteiger partial charge is 0.119 e. The molecule has 1 unspecified atom stereocenters. The topological polar surface area (TPSA) is 35.2 Å². The van der Waals surface area contributed by atoms with Gasteiger partial charge in [-0.15, -0.1) is 0 Å². The van der Waals surface area contributed by atoms with Crippen LogP contribution in [0.4, 0.5) is 0 Å². The summed E-state index contributed by atoms with van der Waals surface area (Å²) >= 11 is 0. The highest BCUT2D eigenvalue weighted by molar-refractivity contribution is 5.40. The summed E-state index contributed by atoms with van der Waals surface area (Å²) < 4.78 is 5.57. The largest absolute Gasteiger partial charge is 0.494 e. The average Bonchev–Trinajstić information content (AvgIpc) is 2.57. The Morgan fingerprint density at radius 2 is 2.36 bits per heavy atom. The standard InChI is InChI=1S/C12H17NO/c1-2-7-14-10-5-3-9-4-6-12(13)11(9)8-10/h3,5,8,12H,2,4,6-7,13H2,1H3. The van der Waals surface area contributed by atoms with Crippen LogP contribution < -0.4 is 10.5 Å². The molecule has 14 heavy (non-hydrogen) atoms. The van der Waals surface area contributed by atoms with Gasteiger partial charge in [-0.2, -0.15) is 0 Å². The summed E-state index contributed by atoms with van der Waals surface area (Å²) in [6.07, 6.45) is 3.24. The molecule has 1 aliphatic carbocycles. The van der Waals surface area contributed by atoms with E-state index in [2.05, 4.69) is 19.1 Å². The molecule has 2 heteroatoms. The first kappa shape index (κ1) is 9.53. The van der Waals surface area contributed by atoms with Crippen molar-refractivity contribution >= 4 is 0 Å². The second kappa shape index (κ2) is 4.01. The summed E-state index contributed by atoms with van der Waals surface area (Å²) in [4.78, 5) is 0. The lowest BCUT2D eigenvalue weighted by atomic mass is 10.1. The first-order chi connectivity index (χ1) is 6.81. The van der Waals surface area contributed by atoms with Gasteiger partial charge in [-0.05, 0) is 42.5 Å². The molecule has 0 amide bonds.